The summed E-state index contributed by atoms with van der Waals surface area (Å²) in [7, 11) is -1.72. The van der Waals surface area contributed by atoms with Crippen LogP contribution >= 0.6 is 7.26 Å². The predicted molar refractivity (Wildman–Crippen MR) is 138 cm³/mol. The molecule has 3 nitrogen and oxygen atoms in total. The molecule has 0 aliphatic heterocycles. The van der Waals surface area contributed by atoms with Crippen LogP contribution in [0.4, 0.5) is 0 Å². The third kappa shape index (κ3) is 6.51. The van der Waals surface area contributed by atoms with Crippen molar-refractivity contribution in [2.24, 2.45) is 0 Å². The lowest BCUT2D eigenvalue weighted by molar-refractivity contribution is -0.143. The first-order chi connectivity index (χ1) is 15.8. The van der Waals surface area contributed by atoms with Gasteiger partial charge < -0.3 is 10.1 Å². The van der Waals surface area contributed by atoms with Crippen LogP contribution in [0.2, 0.25) is 0 Å². The number of ether oxygens (including phenoxy) is 1. The zero-order chi connectivity index (χ0) is 22.5. The molecule has 0 aliphatic carbocycles. The van der Waals surface area contributed by atoms with Crippen LogP contribution in [0.25, 0.3) is 0 Å². The fourth-order valence-electron chi connectivity index (χ4n) is 4.20. The SMILES string of the molecule is CCOC(=O)CCCNCCCC[P+](c1ccccc1)(c1ccccc1)c1ccccc1. The maximum Gasteiger partial charge on any atom is 0.305 e. The molecule has 4 heteroatoms. The lowest BCUT2D eigenvalue weighted by Crippen LogP contribution is -2.33. The van der Waals surface area contributed by atoms with E-state index in [0.29, 0.717) is 13.0 Å². The Bertz CT molecular complexity index is 819. The average molecular weight is 449 g/mol. The minimum atomic E-state index is -1.72. The second kappa shape index (κ2) is 13.2. The molecule has 0 aromatic heterocycles. The smallest absolute Gasteiger partial charge is 0.305 e. The van der Waals surface area contributed by atoms with Crippen molar-refractivity contribution in [3.63, 3.8) is 0 Å². The maximum absolute atomic E-state index is 11.4. The van der Waals surface area contributed by atoms with Crippen LogP contribution in [0, 0.1) is 0 Å². The summed E-state index contributed by atoms with van der Waals surface area (Å²) in [5.74, 6) is -0.0996. The Morgan fingerprint density at radius 3 is 1.66 bits per heavy atom. The zero-order valence-corrected chi connectivity index (χ0v) is 20.0. The summed E-state index contributed by atoms with van der Waals surface area (Å²) < 4.78 is 4.99. The quantitative estimate of drug-likeness (QED) is 0.234. The molecule has 168 valence electrons. The van der Waals surface area contributed by atoms with Gasteiger partial charge in [0.1, 0.15) is 23.2 Å². The Balaban J connectivity index is 1.69. The highest BCUT2D eigenvalue weighted by Crippen LogP contribution is 2.55. The molecule has 0 aliphatic rings. The van der Waals surface area contributed by atoms with Crippen molar-refractivity contribution in [2.45, 2.75) is 32.6 Å². The van der Waals surface area contributed by atoms with Gasteiger partial charge in [-0.2, -0.15) is 0 Å². The van der Waals surface area contributed by atoms with E-state index >= 15 is 0 Å². The molecule has 1 N–H and O–H groups in total. The predicted octanol–water partition coefficient (Wildman–Crippen LogP) is 4.69. The Kier molecular flexibility index (Phi) is 9.94. The van der Waals surface area contributed by atoms with Gasteiger partial charge in [-0.3, -0.25) is 4.79 Å². The van der Waals surface area contributed by atoms with Crippen molar-refractivity contribution in [3.05, 3.63) is 91.0 Å². The standard InChI is InChI=1S/C28H35NO2P/c1-2-31-28(30)21-14-23-29-22-12-13-24-32(25-15-6-3-7-16-25,26-17-8-4-9-18-26)27-19-10-5-11-20-27/h3-11,15-20,29H,2,12-14,21-24H2,1H3/q+1. The van der Waals surface area contributed by atoms with E-state index in [-0.39, 0.29) is 5.97 Å². The fraction of sp³-hybridized carbons (Fsp3) is 0.321. The molecule has 0 heterocycles. The molecule has 32 heavy (non-hydrogen) atoms. The van der Waals surface area contributed by atoms with Gasteiger partial charge in [-0.05, 0) is 75.7 Å². The Morgan fingerprint density at radius 1 is 0.719 bits per heavy atom. The van der Waals surface area contributed by atoms with Crippen molar-refractivity contribution >= 4 is 29.1 Å². The number of carbonyl (C=O) groups is 1. The summed E-state index contributed by atoms with van der Waals surface area (Å²) in [5, 5.41) is 7.83. The van der Waals surface area contributed by atoms with Crippen LogP contribution in [0.5, 0.6) is 0 Å². The van der Waals surface area contributed by atoms with Gasteiger partial charge in [0.2, 0.25) is 0 Å². The molecular weight excluding hydrogens is 413 g/mol. The van der Waals surface area contributed by atoms with E-state index in [1.54, 1.807) is 0 Å². The second-order valence-electron chi connectivity index (χ2n) is 7.91. The first-order valence-electron chi connectivity index (χ1n) is 11.7. The Labute approximate surface area is 193 Å². The van der Waals surface area contributed by atoms with E-state index in [0.717, 1.165) is 38.5 Å². The van der Waals surface area contributed by atoms with Crippen LogP contribution in [-0.2, 0) is 9.53 Å². The summed E-state index contributed by atoms with van der Waals surface area (Å²) in [6.07, 6.45) is 4.74. The molecule has 0 amide bonds. The molecule has 0 radical (unpaired) electrons. The molecule has 3 rings (SSSR count). The van der Waals surface area contributed by atoms with Crippen LogP contribution in [0.3, 0.4) is 0 Å². The van der Waals surface area contributed by atoms with Crippen LogP contribution in [-0.4, -0.2) is 31.8 Å². The van der Waals surface area contributed by atoms with Crippen molar-refractivity contribution in [2.75, 3.05) is 25.9 Å². The number of esters is 1. The van der Waals surface area contributed by atoms with Gasteiger partial charge in [0.15, 0.2) is 0 Å². The van der Waals surface area contributed by atoms with Gasteiger partial charge >= 0.3 is 5.97 Å². The summed E-state index contributed by atoms with van der Waals surface area (Å²) in [5.41, 5.74) is 0. The van der Waals surface area contributed by atoms with E-state index in [1.807, 2.05) is 6.92 Å². The number of carbonyl (C=O) groups excluding carboxylic acids is 1. The number of hydrogen-bond donors (Lipinski definition) is 1. The van der Waals surface area contributed by atoms with Crippen molar-refractivity contribution in [3.8, 4) is 0 Å². The lowest BCUT2D eigenvalue weighted by atomic mass is 10.3. The summed E-state index contributed by atoms with van der Waals surface area (Å²) >= 11 is 0. The number of hydrogen-bond acceptors (Lipinski definition) is 3. The van der Waals surface area contributed by atoms with E-state index in [4.69, 9.17) is 4.74 Å². The van der Waals surface area contributed by atoms with Crippen LogP contribution in [0.1, 0.15) is 32.6 Å². The van der Waals surface area contributed by atoms with Crippen molar-refractivity contribution in [1.29, 1.82) is 0 Å². The minimum absolute atomic E-state index is 0.0996. The summed E-state index contributed by atoms with van der Waals surface area (Å²) in [6, 6.07) is 33.2. The molecule has 0 atom stereocenters. The van der Waals surface area contributed by atoms with Gasteiger partial charge in [-0.15, -0.1) is 0 Å². The number of unbranched alkanes of at least 4 members (excludes halogenated alkanes) is 1. The zero-order valence-electron chi connectivity index (χ0n) is 19.1. The molecule has 0 saturated carbocycles. The highest BCUT2D eigenvalue weighted by molar-refractivity contribution is 7.95. The monoisotopic (exact) mass is 448 g/mol. The summed E-state index contributed by atoms with van der Waals surface area (Å²) in [4.78, 5) is 11.4. The van der Waals surface area contributed by atoms with Crippen LogP contribution in [0.15, 0.2) is 91.0 Å². The van der Waals surface area contributed by atoms with E-state index < -0.39 is 7.26 Å². The largest absolute Gasteiger partial charge is 0.466 e. The van der Waals surface area contributed by atoms with Crippen molar-refractivity contribution in [1.82, 2.24) is 5.32 Å². The van der Waals surface area contributed by atoms with Crippen molar-refractivity contribution < 1.29 is 9.53 Å². The first-order valence-corrected chi connectivity index (χ1v) is 13.7. The van der Waals surface area contributed by atoms with E-state index in [9.17, 15) is 4.79 Å². The molecule has 3 aromatic carbocycles. The first kappa shape index (κ1) is 24.2. The molecule has 0 saturated heterocycles. The highest BCUT2D eigenvalue weighted by atomic mass is 31.2. The number of rotatable bonds is 13. The van der Waals surface area contributed by atoms with Gasteiger partial charge in [0.05, 0.1) is 12.8 Å². The second-order valence-corrected chi connectivity index (χ2v) is 11.5. The molecule has 3 aromatic rings. The molecular formula is C28H35NO2P+. The number of benzene rings is 3. The third-order valence-corrected chi connectivity index (χ3v) is 10.3. The normalized spacial score (nSPS) is 11.3. The van der Waals surface area contributed by atoms with E-state index in [1.165, 1.54) is 15.9 Å². The Hall–Kier alpha value is -2.48. The van der Waals surface area contributed by atoms with Gasteiger partial charge in [-0.25, -0.2) is 0 Å². The molecule has 0 fully saturated rings. The fourth-order valence-corrected chi connectivity index (χ4v) is 8.61. The lowest BCUT2D eigenvalue weighted by Gasteiger charge is -2.27. The van der Waals surface area contributed by atoms with E-state index in [2.05, 4.69) is 96.3 Å². The molecule has 0 bridgehead atoms. The van der Waals surface area contributed by atoms with Crippen LogP contribution < -0.4 is 21.2 Å². The average Bonchev–Trinajstić information content (AvgIpc) is 2.85. The topological polar surface area (TPSA) is 38.3 Å². The van der Waals surface area contributed by atoms with Gasteiger partial charge in [0.25, 0.3) is 0 Å². The third-order valence-electron chi connectivity index (χ3n) is 5.73. The molecule has 0 unspecified atom stereocenters. The summed E-state index contributed by atoms with van der Waals surface area (Å²) in [6.45, 7) is 4.14. The highest BCUT2D eigenvalue weighted by Gasteiger charge is 2.44. The number of nitrogens with one attached hydrogen (secondary N) is 1. The minimum Gasteiger partial charge on any atom is -0.466 e. The Morgan fingerprint density at radius 2 is 1.19 bits per heavy atom. The molecule has 0 spiro atoms. The van der Waals surface area contributed by atoms with Gasteiger partial charge in [-0.1, -0.05) is 54.6 Å². The maximum atomic E-state index is 11.4. The van der Waals surface area contributed by atoms with Gasteiger partial charge in [0, 0.05) is 6.42 Å².